The molecule has 19 heteroatoms. The second kappa shape index (κ2) is 15.5. The number of amides is 2. The van der Waals surface area contributed by atoms with Gasteiger partial charge in [-0.15, -0.1) is 0 Å². The fraction of sp³-hybridized carbons (Fsp3) is 0.857. The molecular weight excluding hydrogens is 648 g/mol. The van der Waals surface area contributed by atoms with Crippen LogP contribution in [0.4, 0.5) is 0 Å². The Hall–Kier alpha value is -2.30. The zero-order chi connectivity index (χ0) is 35.5. The molecule has 3 fully saturated rings. The average molecular weight is 697 g/mol. The van der Waals surface area contributed by atoms with Gasteiger partial charge in [-0.2, -0.15) is 0 Å². The van der Waals surface area contributed by atoms with Gasteiger partial charge in [0.2, 0.25) is 11.8 Å². The van der Waals surface area contributed by atoms with Crippen LogP contribution in [0, 0.1) is 0 Å². The number of methoxy groups -OCH3 is 1. The molecule has 0 aromatic rings. The first kappa shape index (κ1) is 39.1. The maximum absolute atomic E-state index is 13.1. The molecule has 0 bridgehead atoms. The van der Waals surface area contributed by atoms with Crippen molar-refractivity contribution in [1.29, 1.82) is 0 Å². The van der Waals surface area contributed by atoms with E-state index in [9.17, 15) is 49.8 Å². The Labute approximate surface area is 272 Å². The molecule has 0 unspecified atom stereocenters. The van der Waals surface area contributed by atoms with Gasteiger partial charge >= 0.3 is 11.9 Å². The maximum Gasteiger partial charge on any atom is 0.367 e. The van der Waals surface area contributed by atoms with Gasteiger partial charge in [0, 0.05) is 41.4 Å². The highest BCUT2D eigenvalue weighted by atomic mass is 28.3. The minimum absolute atomic E-state index is 0.0381. The first-order chi connectivity index (χ1) is 21.8. The molecule has 270 valence electrons. The number of carbonyl (C=O) groups excluding carboxylic acids is 4. The molecule has 3 aliphatic heterocycles. The van der Waals surface area contributed by atoms with Crippen molar-refractivity contribution in [2.75, 3.05) is 26.9 Å². The summed E-state index contributed by atoms with van der Waals surface area (Å²) < 4.78 is 33.9. The molecule has 47 heavy (non-hydrogen) atoms. The fourth-order valence-electron chi connectivity index (χ4n) is 5.78. The van der Waals surface area contributed by atoms with E-state index in [-0.39, 0.29) is 6.61 Å². The molecule has 2 amide bonds. The molecule has 12 atom stereocenters. The van der Waals surface area contributed by atoms with E-state index in [4.69, 9.17) is 28.4 Å². The summed E-state index contributed by atoms with van der Waals surface area (Å²) in [6, 6.07) is -2.13. The second-order valence-electron chi connectivity index (χ2n) is 13.3. The van der Waals surface area contributed by atoms with Gasteiger partial charge in [0.25, 0.3) is 11.6 Å². The minimum Gasteiger partial charge on any atom is -0.465 e. The molecule has 0 aromatic carbocycles. The standard InChI is InChI=1S/C28H48N2O16Si/c1-13(32)29-19-16(35)10-28(46-23(19)21(37)17(36)11-31)26(40)42-12-18(44-28)22(38)24-20(30-14(2)33)15(34)9-27(45-24,25(39)41-3)43-7-8-47(4,5)6/h15-24,31,34-38H,7-12H2,1-6H3,(H,29,32)(H,30,33)/t15-,16-,17+,18+,19+,20+,21+,22+,23+,24+,27+,28+/m0/s1. The van der Waals surface area contributed by atoms with Crippen LogP contribution in [0.15, 0.2) is 0 Å². The topological polar surface area (TPSA) is 269 Å². The van der Waals surface area contributed by atoms with Crippen molar-refractivity contribution in [3.05, 3.63) is 0 Å². The van der Waals surface area contributed by atoms with Crippen molar-refractivity contribution >= 4 is 31.8 Å². The van der Waals surface area contributed by atoms with Gasteiger partial charge in [-0.1, -0.05) is 19.6 Å². The van der Waals surface area contributed by atoms with Gasteiger partial charge in [0.05, 0.1) is 38.0 Å². The normalized spacial score (nSPS) is 36.5. The SMILES string of the molecule is COC(=O)[C@@]1(OCC[Si](C)(C)C)C[C@H](O)[C@@H](NC(C)=O)[C@H]([C@H](O)[C@H]2COC(=O)[C@]3(C[C@H](O)[C@@H](NC(C)=O)[C@H]([C@H](O)[C@H](O)CO)O3)O2)O1. The lowest BCUT2D eigenvalue weighted by Gasteiger charge is -2.51. The van der Waals surface area contributed by atoms with Crippen LogP contribution in [-0.4, -0.2) is 162 Å². The van der Waals surface area contributed by atoms with Gasteiger partial charge < -0.3 is 69.7 Å². The van der Waals surface area contributed by atoms with E-state index >= 15 is 0 Å². The first-order valence-electron chi connectivity index (χ1n) is 15.3. The predicted octanol–water partition coefficient (Wildman–Crippen LogP) is -3.77. The van der Waals surface area contributed by atoms with E-state index in [0.29, 0.717) is 6.04 Å². The number of hydrogen-bond acceptors (Lipinski definition) is 16. The lowest BCUT2D eigenvalue weighted by Crippen LogP contribution is -2.72. The molecule has 3 rings (SSSR count). The van der Waals surface area contributed by atoms with E-state index in [1.54, 1.807) is 0 Å². The third-order valence-corrected chi connectivity index (χ3v) is 9.94. The highest BCUT2D eigenvalue weighted by Gasteiger charge is 2.62. The van der Waals surface area contributed by atoms with Crippen LogP contribution in [0.25, 0.3) is 0 Å². The Bertz CT molecular complexity index is 1140. The Morgan fingerprint density at radius 3 is 2.06 bits per heavy atom. The number of hydrogen-bond donors (Lipinski definition) is 8. The van der Waals surface area contributed by atoms with Gasteiger partial charge in [-0.3, -0.25) is 9.59 Å². The van der Waals surface area contributed by atoms with Gasteiger partial charge in [-0.25, -0.2) is 9.59 Å². The van der Waals surface area contributed by atoms with Crippen molar-refractivity contribution in [2.45, 2.75) is 125 Å². The van der Waals surface area contributed by atoms with Crippen LogP contribution < -0.4 is 10.6 Å². The summed E-state index contributed by atoms with van der Waals surface area (Å²) in [5.74, 6) is -8.20. The third-order valence-electron chi connectivity index (χ3n) is 8.24. The van der Waals surface area contributed by atoms with Crippen molar-refractivity contribution < 1.29 is 78.2 Å². The summed E-state index contributed by atoms with van der Waals surface area (Å²) in [6.45, 7) is 6.96. The number of aliphatic hydroxyl groups excluding tert-OH is 6. The van der Waals surface area contributed by atoms with Crippen LogP contribution in [0.5, 0.6) is 0 Å². The smallest absolute Gasteiger partial charge is 0.367 e. The van der Waals surface area contributed by atoms with Crippen molar-refractivity contribution in [2.24, 2.45) is 0 Å². The Morgan fingerprint density at radius 1 is 0.957 bits per heavy atom. The molecule has 3 saturated heterocycles. The zero-order valence-electron chi connectivity index (χ0n) is 27.3. The van der Waals surface area contributed by atoms with Crippen molar-refractivity contribution in [1.82, 2.24) is 10.6 Å². The number of carbonyl (C=O) groups is 4. The van der Waals surface area contributed by atoms with Crippen LogP contribution in [0.3, 0.4) is 0 Å². The maximum atomic E-state index is 13.1. The summed E-state index contributed by atoms with van der Waals surface area (Å²) in [6.07, 6.45) is -15.0. The van der Waals surface area contributed by atoms with E-state index in [2.05, 4.69) is 30.3 Å². The van der Waals surface area contributed by atoms with Crippen LogP contribution in [0.2, 0.25) is 25.7 Å². The number of rotatable bonds is 12. The monoisotopic (exact) mass is 696 g/mol. The third kappa shape index (κ3) is 9.04. The molecule has 0 aromatic heterocycles. The highest BCUT2D eigenvalue weighted by Crippen LogP contribution is 2.40. The molecule has 0 saturated carbocycles. The number of ether oxygens (including phenoxy) is 6. The van der Waals surface area contributed by atoms with Gasteiger partial charge in [-0.05, 0) is 6.04 Å². The van der Waals surface area contributed by atoms with E-state index in [1.165, 1.54) is 0 Å². The zero-order valence-corrected chi connectivity index (χ0v) is 28.3. The van der Waals surface area contributed by atoms with Crippen LogP contribution >= 0.6 is 0 Å². The summed E-state index contributed by atoms with van der Waals surface area (Å²) in [5, 5.41) is 69.0. The summed E-state index contributed by atoms with van der Waals surface area (Å²) in [7, 11) is -0.603. The van der Waals surface area contributed by atoms with E-state index in [1.807, 2.05) is 0 Å². The molecule has 0 radical (unpaired) electrons. The highest BCUT2D eigenvalue weighted by molar-refractivity contribution is 6.76. The number of esters is 2. The van der Waals surface area contributed by atoms with E-state index in [0.717, 1.165) is 21.0 Å². The lowest BCUT2D eigenvalue weighted by molar-refractivity contribution is -0.360. The first-order valence-corrected chi connectivity index (χ1v) is 19.0. The largest absolute Gasteiger partial charge is 0.465 e. The number of nitrogens with one attached hydrogen (secondary N) is 2. The quantitative estimate of drug-likeness (QED) is 0.0719. The number of cyclic esters (lactones) is 1. The van der Waals surface area contributed by atoms with Crippen molar-refractivity contribution in [3.8, 4) is 0 Å². The summed E-state index contributed by atoms with van der Waals surface area (Å²) in [5.41, 5.74) is 0. The average Bonchev–Trinajstić information content (AvgIpc) is 2.98. The molecule has 18 nitrogen and oxygen atoms in total. The Balaban J connectivity index is 1.98. The Kier molecular flexibility index (Phi) is 12.9. The van der Waals surface area contributed by atoms with Gasteiger partial charge in [0.1, 0.15) is 43.2 Å². The second-order valence-corrected chi connectivity index (χ2v) is 18.9. The lowest BCUT2D eigenvalue weighted by atomic mass is 9.86. The molecule has 3 aliphatic rings. The molecule has 0 aliphatic carbocycles. The molecule has 8 N–H and O–H groups in total. The minimum atomic E-state index is -2.52. The summed E-state index contributed by atoms with van der Waals surface area (Å²) in [4.78, 5) is 50.2. The van der Waals surface area contributed by atoms with E-state index < -0.39 is 130 Å². The molecule has 3 heterocycles. The fourth-order valence-corrected chi connectivity index (χ4v) is 6.50. The Morgan fingerprint density at radius 2 is 1.53 bits per heavy atom. The predicted molar refractivity (Wildman–Crippen MR) is 159 cm³/mol. The summed E-state index contributed by atoms with van der Waals surface area (Å²) >= 11 is 0. The van der Waals surface area contributed by atoms with Gasteiger partial charge in [0.15, 0.2) is 0 Å². The van der Waals surface area contributed by atoms with Crippen molar-refractivity contribution in [3.63, 3.8) is 0 Å². The molecule has 1 spiro atoms. The molecular formula is C28H48N2O16Si. The van der Waals surface area contributed by atoms with Crippen LogP contribution in [-0.2, 0) is 47.6 Å². The number of aliphatic hydroxyl groups is 6. The van der Waals surface area contributed by atoms with Crippen LogP contribution in [0.1, 0.15) is 26.7 Å².